The number of ether oxygens (including phenoxy) is 2. The molecule has 0 unspecified atom stereocenters. The molecule has 0 spiro atoms. The van der Waals surface area contributed by atoms with E-state index in [1.165, 1.54) is 0 Å². The van der Waals surface area contributed by atoms with Crippen LogP contribution in [0.3, 0.4) is 0 Å². The van der Waals surface area contributed by atoms with Crippen molar-refractivity contribution in [2.75, 3.05) is 19.8 Å². The SMILES string of the molecule is CCO[C@H]1OC(C(=O)NCC2CC2)=C[C@@H](c2cn(C(C)=O)c3ccccc23)[C@H]1CCCO. The van der Waals surface area contributed by atoms with Crippen LogP contribution in [0, 0.1) is 11.8 Å². The Kier molecular flexibility index (Phi) is 6.96. The first-order chi connectivity index (χ1) is 15.5. The van der Waals surface area contributed by atoms with E-state index in [1.807, 2.05) is 43.5 Å². The highest BCUT2D eigenvalue weighted by Crippen LogP contribution is 2.42. The molecule has 1 aromatic heterocycles. The van der Waals surface area contributed by atoms with E-state index < -0.39 is 6.29 Å². The fraction of sp³-hybridized carbons (Fsp3) is 0.520. The number of aromatic nitrogens is 1. The zero-order valence-corrected chi connectivity index (χ0v) is 18.8. The molecule has 7 heteroatoms. The first-order valence-electron chi connectivity index (χ1n) is 11.5. The third-order valence-electron chi connectivity index (χ3n) is 6.32. The highest BCUT2D eigenvalue weighted by molar-refractivity contribution is 5.95. The summed E-state index contributed by atoms with van der Waals surface area (Å²) in [6, 6.07) is 7.79. The van der Waals surface area contributed by atoms with E-state index in [0.29, 0.717) is 31.9 Å². The number of amides is 1. The molecule has 2 aliphatic rings. The lowest BCUT2D eigenvalue weighted by Crippen LogP contribution is -2.39. The second-order valence-electron chi connectivity index (χ2n) is 8.67. The Labute approximate surface area is 188 Å². The lowest BCUT2D eigenvalue weighted by molar-refractivity contribution is -0.166. The number of nitrogens with one attached hydrogen (secondary N) is 1. The number of benzene rings is 1. The normalized spacial score (nSPS) is 23.0. The number of hydrogen-bond acceptors (Lipinski definition) is 5. The summed E-state index contributed by atoms with van der Waals surface area (Å²) >= 11 is 0. The molecule has 7 nitrogen and oxygen atoms in total. The molecule has 172 valence electrons. The van der Waals surface area contributed by atoms with Crippen LogP contribution in [0.25, 0.3) is 10.9 Å². The molecular weight excluding hydrogens is 408 g/mol. The number of aliphatic hydroxyl groups is 1. The van der Waals surface area contributed by atoms with Gasteiger partial charge < -0.3 is 19.9 Å². The van der Waals surface area contributed by atoms with Gasteiger partial charge in [0.2, 0.25) is 12.2 Å². The monoisotopic (exact) mass is 440 g/mol. The number of nitrogens with zero attached hydrogens (tertiary/aromatic N) is 1. The molecule has 32 heavy (non-hydrogen) atoms. The standard InChI is InChI=1S/C25H32N2O5/c1-3-31-25-19(8-6-12-28)20(13-23(32-25)24(30)26-14-17-10-11-17)21-15-27(16(2)29)22-9-5-4-7-18(21)22/h4-5,7,9,13,15,17,19-20,25,28H,3,6,8,10-12,14H2,1-2H3,(H,26,30)/t19-,20-,25+/m1/s1. The quantitative estimate of drug-likeness (QED) is 0.622. The molecule has 0 saturated heterocycles. The lowest BCUT2D eigenvalue weighted by atomic mass is 9.80. The molecule has 1 aliphatic heterocycles. The summed E-state index contributed by atoms with van der Waals surface area (Å²) in [7, 11) is 0. The van der Waals surface area contributed by atoms with E-state index in [1.54, 1.807) is 11.5 Å². The maximum atomic E-state index is 12.9. The van der Waals surface area contributed by atoms with Crippen LogP contribution in [0.1, 0.15) is 55.8 Å². The third-order valence-corrected chi connectivity index (χ3v) is 6.32. The Morgan fingerprint density at radius 3 is 2.75 bits per heavy atom. The van der Waals surface area contributed by atoms with Gasteiger partial charge in [-0.3, -0.25) is 14.2 Å². The van der Waals surface area contributed by atoms with Crippen LogP contribution in [0.5, 0.6) is 0 Å². The Morgan fingerprint density at radius 1 is 1.28 bits per heavy atom. The molecule has 1 saturated carbocycles. The first-order valence-corrected chi connectivity index (χ1v) is 11.5. The van der Waals surface area contributed by atoms with Gasteiger partial charge in [0.15, 0.2) is 5.76 Å². The van der Waals surface area contributed by atoms with E-state index in [0.717, 1.165) is 29.3 Å². The summed E-state index contributed by atoms with van der Waals surface area (Å²) in [5.41, 5.74) is 1.79. The molecule has 2 heterocycles. The lowest BCUT2D eigenvalue weighted by Gasteiger charge is -2.36. The van der Waals surface area contributed by atoms with E-state index >= 15 is 0 Å². The minimum absolute atomic E-state index is 0.0652. The van der Waals surface area contributed by atoms with Gasteiger partial charge in [-0.05, 0) is 56.2 Å². The van der Waals surface area contributed by atoms with Gasteiger partial charge in [0.1, 0.15) is 0 Å². The van der Waals surface area contributed by atoms with Crippen molar-refractivity contribution in [3.05, 3.63) is 47.9 Å². The van der Waals surface area contributed by atoms with Gasteiger partial charge in [0.05, 0.1) is 5.52 Å². The third kappa shape index (κ3) is 4.74. The largest absolute Gasteiger partial charge is 0.459 e. The number of rotatable bonds is 9. The zero-order valence-electron chi connectivity index (χ0n) is 18.8. The Bertz CT molecular complexity index is 1010. The summed E-state index contributed by atoms with van der Waals surface area (Å²) in [5, 5.41) is 13.4. The molecule has 2 N–H and O–H groups in total. The summed E-state index contributed by atoms with van der Waals surface area (Å²) in [4.78, 5) is 25.2. The van der Waals surface area contributed by atoms with Crippen molar-refractivity contribution in [3.63, 3.8) is 0 Å². The number of para-hydroxylation sites is 1. The van der Waals surface area contributed by atoms with E-state index in [2.05, 4.69) is 5.32 Å². The van der Waals surface area contributed by atoms with Crippen molar-refractivity contribution < 1.29 is 24.2 Å². The van der Waals surface area contributed by atoms with Gasteiger partial charge in [-0.15, -0.1) is 0 Å². The summed E-state index contributed by atoms with van der Waals surface area (Å²) < 4.78 is 13.6. The van der Waals surface area contributed by atoms with E-state index in [4.69, 9.17) is 9.47 Å². The average molecular weight is 441 g/mol. The average Bonchev–Trinajstić information content (AvgIpc) is 3.54. The van der Waals surface area contributed by atoms with Crippen LogP contribution in [-0.4, -0.2) is 47.5 Å². The molecule has 4 rings (SSSR count). The summed E-state index contributed by atoms with van der Waals surface area (Å²) in [6.45, 7) is 4.60. The van der Waals surface area contributed by atoms with Crippen molar-refractivity contribution >= 4 is 22.7 Å². The fourth-order valence-corrected chi connectivity index (χ4v) is 4.50. The van der Waals surface area contributed by atoms with Crippen LogP contribution in [-0.2, 0) is 14.3 Å². The first kappa shape index (κ1) is 22.6. The van der Waals surface area contributed by atoms with Gasteiger partial charge >= 0.3 is 0 Å². The van der Waals surface area contributed by atoms with Crippen molar-refractivity contribution in [1.29, 1.82) is 0 Å². The smallest absolute Gasteiger partial charge is 0.286 e. The molecule has 1 amide bonds. The number of hydrogen-bond donors (Lipinski definition) is 2. The Balaban J connectivity index is 1.76. The van der Waals surface area contributed by atoms with Gasteiger partial charge in [0.25, 0.3) is 5.91 Å². The number of fused-ring (bicyclic) bond motifs is 1. The van der Waals surface area contributed by atoms with Gasteiger partial charge in [-0.2, -0.15) is 0 Å². The van der Waals surface area contributed by atoms with Crippen molar-refractivity contribution in [2.45, 2.75) is 51.7 Å². The molecule has 0 radical (unpaired) electrons. The second-order valence-corrected chi connectivity index (χ2v) is 8.67. The summed E-state index contributed by atoms with van der Waals surface area (Å²) in [6.07, 6.45) is 6.69. The highest BCUT2D eigenvalue weighted by atomic mass is 16.7. The molecule has 1 aromatic carbocycles. The second kappa shape index (κ2) is 9.88. The van der Waals surface area contributed by atoms with Gasteiger partial charge in [-0.1, -0.05) is 18.2 Å². The molecule has 2 aromatic rings. The van der Waals surface area contributed by atoms with Crippen LogP contribution in [0.2, 0.25) is 0 Å². The number of carbonyl (C=O) groups excluding carboxylic acids is 2. The van der Waals surface area contributed by atoms with Crippen molar-refractivity contribution in [1.82, 2.24) is 9.88 Å². The van der Waals surface area contributed by atoms with Gasteiger partial charge in [-0.25, -0.2) is 0 Å². The maximum absolute atomic E-state index is 12.9. The summed E-state index contributed by atoms with van der Waals surface area (Å²) in [5.74, 6) is 0.218. The molecular formula is C25H32N2O5. The van der Waals surface area contributed by atoms with E-state index in [9.17, 15) is 14.7 Å². The van der Waals surface area contributed by atoms with Crippen LogP contribution >= 0.6 is 0 Å². The maximum Gasteiger partial charge on any atom is 0.286 e. The van der Waals surface area contributed by atoms with E-state index in [-0.39, 0.29) is 36.0 Å². The molecule has 0 bridgehead atoms. The Hall–Kier alpha value is -2.64. The minimum Gasteiger partial charge on any atom is -0.459 e. The number of carbonyl (C=O) groups is 2. The predicted molar refractivity (Wildman–Crippen MR) is 121 cm³/mol. The highest BCUT2D eigenvalue weighted by Gasteiger charge is 2.39. The van der Waals surface area contributed by atoms with Crippen molar-refractivity contribution in [2.24, 2.45) is 11.8 Å². The van der Waals surface area contributed by atoms with Crippen LogP contribution in [0.4, 0.5) is 0 Å². The van der Waals surface area contributed by atoms with Crippen LogP contribution in [0.15, 0.2) is 42.3 Å². The van der Waals surface area contributed by atoms with Crippen molar-refractivity contribution in [3.8, 4) is 0 Å². The molecule has 1 aliphatic carbocycles. The Morgan fingerprint density at radius 2 is 2.06 bits per heavy atom. The molecule has 3 atom stereocenters. The number of allylic oxidation sites excluding steroid dienone is 1. The van der Waals surface area contributed by atoms with Gasteiger partial charge in [0, 0.05) is 50.1 Å². The minimum atomic E-state index is -0.609. The topological polar surface area (TPSA) is 89.8 Å². The zero-order chi connectivity index (χ0) is 22.7. The predicted octanol–water partition coefficient (Wildman–Crippen LogP) is 3.58. The number of aliphatic hydroxyl groups excluding tert-OH is 1. The fourth-order valence-electron chi connectivity index (χ4n) is 4.50. The van der Waals surface area contributed by atoms with Crippen LogP contribution < -0.4 is 5.32 Å². The molecule has 1 fully saturated rings.